The molecule has 1 aliphatic carbocycles. The molecule has 2 fully saturated rings. The van der Waals surface area contributed by atoms with Gasteiger partial charge < -0.3 is 14.5 Å². The Labute approximate surface area is 168 Å². The summed E-state index contributed by atoms with van der Waals surface area (Å²) in [7, 11) is 0. The van der Waals surface area contributed by atoms with Crippen LogP contribution in [0.5, 0.6) is 0 Å². The van der Waals surface area contributed by atoms with E-state index >= 15 is 0 Å². The van der Waals surface area contributed by atoms with Crippen molar-refractivity contribution in [2.45, 2.75) is 44.9 Å². The number of carbonyl (C=O) groups is 2. The molecule has 1 amide bonds. The van der Waals surface area contributed by atoms with Crippen LogP contribution in [0.15, 0.2) is 34.9 Å². The molecule has 0 radical (unpaired) electrons. The Morgan fingerprint density at radius 2 is 2.00 bits per heavy atom. The van der Waals surface area contributed by atoms with Crippen LogP contribution in [-0.2, 0) is 16.0 Å². The monoisotopic (exact) mass is 400 g/mol. The maximum absolute atomic E-state index is 14.0. The van der Waals surface area contributed by atoms with Crippen LogP contribution in [-0.4, -0.2) is 40.1 Å². The Morgan fingerprint density at radius 1 is 1.24 bits per heavy atom. The van der Waals surface area contributed by atoms with Gasteiger partial charge in [0, 0.05) is 37.1 Å². The van der Waals surface area contributed by atoms with Gasteiger partial charge in [0.1, 0.15) is 17.3 Å². The minimum atomic E-state index is -1.11. The second-order valence-corrected chi connectivity index (χ2v) is 8.27. The zero-order valence-electron chi connectivity index (χ0n) is 16.3. The summed E-state index contributed by atoms with van der Waals surface area (Å²) in [4.78, 5) is 26.8. The predicted octanol–water partition coefficient (Wildman–Crippen LogP) is 3.91. The van der Waals surface area contributed by atoms with Crippen LogP contribution >= 0.6 is 0 Å². The van der Waals surface area contributed by atoms with E-state index in [4.69, 9.17) is 4.52 Å². The topological polar surface area (TPSA) is 83.6 Å². The average Bonchev–Trinajstić information content (AvgIpc) is 3.40. The highest BCUT2D eigenvalue weighted by molar-refractivity contribution is 5.81. The van der Waals surface area contributed by atoms with Crippen LogP contribution in [0.3, 0.4) is 0 Å². The molecule has 1 saturated carbocycles. The van der Waals surface area contributed by atoms with Crippen molar-refractivity contribution >= 4 is 11.9 Å². The molecule has 0 unspecified atom stereocenters. The number of carbonyl (C=O) groups excluding carboxylic acids is 1. The highest BCUT2D eigenvalue weighted by Gasteiger charge is 2.45. The molecule has 29 heavy (non-hydrogen) atoms. The van der Waals surface area contributed by atoms with Gasteiger partial charge in [0.2, 0.25) is 5.91 Å². The van der Waals surface area contributed by atoms with Gasteiger partial charge in [-0.15, -0.1) is 0 Å². The zero-order valence-corrected chi connectivity index (χ0v) is 16.3. The summed E-state index contributed by atoms with van der Waals surface area (Å²) in [6, 6.07) is 7.85. The Kier molecular flexibility index (Phi) is 5.39. The molecule has 1 atom stereocenters. The summed E-state index contributed by atoms with van der Waals surface area (Å²) in [6.45, 7) is 0.772. The van der Waals surface area contributed by atoms with E-state index in [1.165, 1.54) is 6.07 Å². The summed E-state index contributed by atoms with van der Waals surface area (Å²) in [5.41, 5.74) is -0.458. The molecule has 1 N–H and O–H groups in total. The van der Waals surface area contributed by atoms with Crippen molar-refractivity contribution < 1.29 is 23.6 Å². The number of carboxylic acid groups (broad SMARTS) is 1. The second-order valence-electron chi connectivity index (χ2n) is 8.27. The van der Waals surface area contributed by atoms with Gasteiger partial charge >= 0.3 is 5.97 Å². The molecular formula is C22H25FN2O4. The van der Waals surface area contributed by atoms with Gasteiger partial charge in [-0.3, -0.25) is 9.59 Å². The Morgan fingerprint density at radius 3 is 2.72 bits per heavy atom. The summed E-state index contributed by atoms with van der Waals surface area (Å²) >= 11 is 0. The van der Waals surface area contributed by atoms with E-state index in [-0.39, 0.29) is 24.8 Å². The van der Waals surface area contributed by atoms with Crippen LogP contribution in [0.1, 0.15) is 44.3 Å². The van der Waals surface area contributed by atoms with E-state index in [0.29, 0.717) is 36.4 Å². The molecule has 1 aromatic carbocycles. The number of hydrogen-bond acceptors (Lipinski definition) is 4. The lowest BCUT2D eigenvalue weighted by Gasteiger charge is -2.40. The maximum atomic E-state index is 14.0. The quantitative estimate of drug-likeness (QED) is 0.823. The lowest BCUT2D eigenvalue weighted by molar-refractivity contribution is -0.156. The fraction of sp³-hybridized carbons (Fsp3) is 0.500. The molecule has 2 heterocycles. The lowest BCUT2D eigenvalue weighted by atomic mass is 9.76. The van der Waals surface area contributed by atoms with Crippen molar-refractivity contribution in [3.63, 3.8) is 0 Å². The summed E-state index contributed by atoms with van der Waals surface area (Å²) in [6.07, 6.45) is 5.13. The molecule has 0 bridgehead atoms. The van der Waals surface area contributed by atoms with Gasteiger partial charge in [0.15, 0.2) is 0 Å². The van der Waals surface area contributed by atoms with Crippen LogP contribution in [0.4, 0.5) is 4.39 Å². The molecule has 6 nitrogen and oxygen atoms in total. The average molecular weight is 400 g/mol. The Bertz CT molecular complexity index is 906. The van der Waals surface area contributed by atoms with E-state index in [0.717, 1.165) is 25.7 Å². The number of halogens is 1. The van der Waals surface area contributed by atoms with E-state index in [9.17, 15) is 19.1 Å². The number of carboxylic acids is 1. The first-order chi connectivity index (χ1) is 14.0. The number of amides is 1. The van der Waals surface area contributed by atoms with Crippen molar-refractivity contribution in [3.05, 3.63) is 41.9 Å². The van der Waals surface area contributed by atoms with Gasteiger partial charge in [-0.1, -0.05) is 30.1 Å². The van der Waals surface area contributed by atoms with E-state index in [1.54, 1.807) is 29.2 Å². The van der Waals surface area contributed by atoms with Gasteiger partial charge in [-0.05, 0) is 37.8 Å². The van der Waals surface area contributed by atoms with Crippen LogP contribution in [0.2, 0.25) is 0 Å². The SMILES string of the molecule is O=C(C1CCCC1)N1CCC[C@](Cc2cc(-c3ccccc3F)no2)(C(=O)O)C1. The minimum absolute atomic E-state index is 0.0255. The first-order valence-corrected chi connectivity index (χ1v) is 10.2. The standard InChI is InChI=1S/C22H25FN2O4/c23-18-9-4-3-8-17(18)19-12-16(29-24-19)13-22(21(27)28)10-5-11-25(14-22)20(26)15-6-1-2-7-15/h3-4,8-9,12,15H,1-2,5-7,10-11,13-14H2,(H,27,28)/t22-/m1/s1. The first kappa shape index (κ1) is 19.6. The fourth-order valence-corrected chi connectivity index (χ4v) is 4.67. The Hall–Kier alpha value is -2.70. The van der Waals surface area contributed by atoms with E-state index < -0.39 is 17.2 Å². The van der Waals surface area contributed by atoms with Crippen molar-refractivity contribution in [1.82, 2.24) is 10.1 Å². The normalized spacial score (nSPS) is 22.7. The largest absolute Gasteiger partial charge is 0.481 e. The zero-order chi connectivity index (χ0) is 20.4. The maximum Gasteiger partial charge on any atom is 0.311 e. The second kappa shape index (κ2) is 7.97. The van der Waals surface area contributed by atoms with Crippen LogP contribution in [0, 0.1) is 17.2 Å². The van der Waals surface area contributed by atoms with Crippen LogP contribution < -0.4 is 0 Å². The molecule has 4 rings (SSSR count). The third-order valence-electron chi connectivity index (χ3n) is 6.27. The molecule has 2 aromatic rings. The predicted molar refractivity (Wildman–Crippen MR) is 103 cm³/mol. The molecule has 1 saturated heterocycles. The molecule has 154 valence electrons. The van der Waals surface area contributed by atoms with E-state index in [1.807, 2.05) is 0 Å². The number of likely N-dealkylation sites (tertiary alicyclic amines) is 1. The van der Waals surface area contributed by atoms with Crippen molar-refractivity contribution in [2.75, 3.05) is 13.1 Å². The van der Waals surface area contributed by atoms with Crippen molar-refractivity contribution in [2.24, 2.45) is 11.3 Å². The molecule has 2 aliphatic rings. The lowest BCUT2D eigenvalue weighted by Crippen LogP contribution is -2.52. The number of rotatable bonds is 5. The third-order valence-corrected chi connectivity index (χ3v) is 6.27. The number of aromatic nitrogens is 1. The highest BCUT2D eigenvalue weighted by Crippen LogP contribution is 2.37. The fourth-order valence-electron chi connectivity index (χ4n) is 4.67. The number of benzene rings is 1. The minimum Gasteiger partial charge on any atom is -0.481 e. The summed E-state index contributed by atoms with van der Waals surface area (Å²) in [5, 5.41) is 14.0. The summed E-state index contributed by atoms with van der Waals surface area (Å²) < 4.78 is 19.4. The molecular weight excluding hydrogens is 375 g/mol. The molecule has 0 spiro atoms. The number of aliphatic carboxylic acids is 1. The third kappa shape index (κ3) is 3.91. The van der Waals surface area contributed by atoms with Crippen molar-refractivity contribution in [3.8, 4) is 11.3 Å². The van der Waals surface area contributed by atoms with Gasteiger partial charge in [-0.25, -0.2) is 4.39 Å². The van der Waals surface area contributed by atoms with E-state index in [2.05, 4.69) is 5.16 Å². The van der Waals surface area contributed by atoms with Crippen molar-refractivity contribution in [1.29, 1.82) is 0 Å². The first-order valence-electron chi connectivity index (χ1n) is 10.2. The van der Waals surface area contributed by atoms with Gasteiger partial charge in [0.05, 0.1) is 5.41 Å². The van der Waals surface area contributed by atoms with Gasteiger partial charge in [0.25, 0.3) is 0 Å². The van der Waals surface area contributed by atoms with Crippen LogP contribution in [0.25, 0.3) is 11.3 Å². The summed E-state index contributed by atoms with van der Waals surface area (Å²) in [5.74, 6) is -0.854. The number of hydrogen-bond donors (Lipinski definition) is 1. The van der Waals surface area contributed by atoms with Gasteiger partial charge in [-0.2, -0.15) is 0 Å². The molecule has 1 aromatic heterocycles. The molecule has 7 heteroatoms. The molecule has 1 aliphatic heterocycles. The number of piperidine rings is 1. The smallest absolute Gasteiger partial charge is 0.311 e. The number of nitrogens with zero attached hydrogens (tertiary/aromatic N) is 2. The highest BCUT2D eigenvalue weighted by atomic mass is 19.1. The Balaban J connectivity index is 1.54.